The van der Waals surface area contributed by atoms with Crippen LogP contribution in [0.3, 0.4) is 0 Å². The summed E-state index contributed by atoms with van der Waals surface area (Å²) in [6.07, 6.45) is -1.38. The Hall–Kier alpha value is -2.16. The van der Waals surface area contributed by atoms with Crippen LogP contribution in [-0.2, 0) is 9.59 Å². The molecule has 2 amide bonds. The van der Waals surface area contributed by atoms with Gasteiger partial charge in [-0.05, 0) is 32.0 Å². The minimum absolute atomic E-state index is 0.0925. The van der Waals surface area contributed by atoms with Crippen molar-refractivity contribution in [1.29, 1.82) is 0 Å². The third-order valence-electron chi connectivity index (χ3n) is 3.97. The highest BCUT2D eigenvalue weighted by Crippen LogP contribution is 2.33. The molecule has 1 aliphatic heterocycles. The number of hydrogen-bond donors (Lipinski definition) is 2. The molecule has 2 heterocycles. The Morgan fingerprint density at radius 3 is 2.54 bits per heavy atom. The van der Waals surface area contributed by atoms with Crippen molar-refractivity contribution in [3.63, 3.8) is 0 Å². The van der Waals surface area contributed by atoms with Crippen molar-refractivity contribution in [1.82, 2.24) is 15.2 Å². The van der Waals surface area contributed by atoms with Crippen molar-refractivity contribution in [2.75, 3.05) is 19.6 Å². The molecule has 1 aliphatic rings. The molecule has 1 saturated heterocycles. The Kier molecular flexibility index (Phi) is 5.76. The number of alkyl halides is 3. The van der Waals surface area contributed by atoms with E-state index in [9.17, 15) is 22.8 Å². The van der Waals surface area contributed by atoms with Gasteiger partial charge in [-0.25, -0.2) is 0 Å². The molecule has 0 radical (unpaired) electrons. The summed E-state index contributed by atoms with van der Waals surface area (Å²) in [7, 11) is 0. The van der Waals surface area contributed by atoms with Crippen molar-refractivity contribution in [3.05, 3.63) is 30.1 Å². The zero-order valence-corrected chi connectivity index (χ0v) is 12.9. The second kappa shape index (κ2) is 7.61. The molecule has 24 heavy (non-hydrogen) atoms. The Labute approximate surface area is 137 Å². The highest BCUT2D eigenvalue weighted by Gasteiger charge is 2.43. The predicted molar refractivity (Wildman–Crippen MR) is 79.5 cm³/mol. The van der Waals surface area contributed by atoms with Crippen LogP contribution in [0.2, 0.25) is 0 Å². The van der Waals surface area contributed by atoms with Gasteiger partial charge in [-0.2, -0.15) is 13.2 Å². The second-order valence-corrected chi connectivity index (χ2v) is 5.79. The molecule has 0 saturated carbocycles. The number of carbonyl (C=O) groups is 2. The number of amides is 2. The fraction of sp³-hybridized carbons (Fsp3) is 0.533. The maximum absolute atomic E-state index is 13.2. The summed E-state index contributed by atoms with van der Waals surface area (Å²) in [5, 5.41) is 2.08. The Bertz CT molecular complexity index is 572. The number of pyridine rings is 1. The van der Waals surface area contributed by atoms with Crippen LogP contribution in [0.4, 0.5) is 13.2 Å². The summed E-state index contributed by atoms with van der Waals surface area (Å²) in [6.45, 7) is 0.990. The van der Waals surface area contributed by atoms with Crippen molar-refractivity contribution >= 4 is 11.8 Å². The summed E-state index contributed by atoms with van der Waals surface area (Å²) in [4.78, 5) is 28.5. The molecule has 1 unspecified atom stereocenters. The van der Waals surface area contributed by atoms with Crippen molar-refractivity contribution in [3.8, 4) is 0 Å². The number of halogens is 3. The maximum atomic E-state index is 13.2. The standard InChI is InChI=1S/C15H19F3N4O2/c16-15(17,18)13(11-2-1-5-20-8-11)21-14(24)10-3-6-22(7-4-10)9-12(19)23/h1-2,5,8,10,13H,3-4,6-7,9H2,(H2,19,23)(H,21,24). The fourth-order valence-electron chi connectivity index (χ4n) is 2.73. The first kappa shape index (κ1) is 18.2. The smallest absolute Gasteiger partial charge is 0.369 e. The van der Waals surface area contributed by atoms with Gasteiger partial charge in [-0.1, -0.05) is 6.07 Å². The van der Waals surface area contributed by atoms with Crippen LogP contribution in [0, 0.1) is 5.92 Å². The van der Waals surface area contributed by atoms with Crippen LogP contribution in [0.1, 0.15) is 24.4 Å². The van der Waals surface area contributed by atoms with E-state index in [-0.39, 0.29) is 12.1 Å². The third kappa shape index (κ3) is 4.92. The van der Waals surface area contributed by atoms with Gasteiger partial charge in [0.1, 0.15) is 0 Å². The van der Waals surface area contributed by atoms with Crippen LogP contribution >= 0.6 is 0 Å². The molecule has 3 N–H and O–H groups in total. The number of primary amides is 1. The lowest BCUT2D eigenvalue weighted by Gasteiger charge is -2.31. The number of rotatable bonds is 5. The van der Waals surface area contributed by atoms with E-state index >= 15 is 0 Å². The molecule has 0 aromatic carbocycles. The first-order valence-corrected chi connectivity index (χ1v) is 7.55. The highest BCUT2D eigenvalue weighted by atomic mass is 19.4. The van der Waals surface area contributed by atoms with Gasteiger partial charge < -0.3 is 11.1 Å². The number of nitrogens with two attached hydrogens (primary N) is 1. The number of hydrogen-bond acceptors (Lipinski definition) is 4. The summed E-state index contributed by atoms with van der Waals surface area (Å²) in [5.41, 5.74) is 5.00. The van der Waals surface area contributed by atoms with Gasteiger partial charge >= 0.3 is 6.18 Å². The number of nitrogens with one attached hydrogen (secondary N) is 1. The van der Waals surface area contributed by atoms with Crippen LogP contribution in [0.25, 0.3) is 0 Å². The van der Waals surface area contributed by atoms with E-state index in [2.05, 4.69) is 10.3 Å². The number of piperidine rings is 1. The molecule has 1 aromatic heterocycles. The molecule has 1 atom stereocenters. The highest BCUT2D eigenvalue weighted by molar-refractivity contribution is 5.79. The lowest BCUT2D eigenvalue weighted by molar-refractivity contribution is -0.165. The van der Waals surface area contributed by atoms with Gasteiger partial charge in [0.15, 0.2) is 6.04 Å². The van der Waals surface area contributed by atoms with Crippen molar-refractivity contribution < 1.29 is 22.8 Å². The summed E-state index contributed by atoms with van der Waals surface area (Å²) in [6, 6.07) is 0.589. The van der Waals surface area contributed by atoms with E-state index in [0.29, 0.717) is 25.9 Å². The average molecular weight is 344 g/mol. The minimum atomic E-state index is -4.61. The molecule has 0 aliphatic carbocycles. The third-order valence-corrected chi connectivity index (χ3v) is 3.97. The van der Waals surface area contributed by atoms with E-state index in [1.165, 1.54) is 18.3 Å². The molecule has 1 aromatic rings. The van der Waals surface area contributed by atoms with E-state index in [4.69, 9.17) is 5.73 Å². The number of likely N-dealkylation sites (tertiary alicyclic amines) is 1. The molecule has 6 nitrogen and oxygen atoms in total. The first-order chi connectivity index (χ1) is 11.3. The van der Waals surface area contributed by atoms with Crippen LogP contribution < -0.4 is 11.1 Å². The quantitative estimate of drug-likeness (QED) is 0.834. The van der Waals surface area contributed by atoms with Gasteiger partial charge in [-0.3, -0.25) is 19.5 Å². The Morgan fingerprint density at radius 1 is 1.38 bits per heavy atom. The minimum Gasteiger partial charge on any atom is -0.369 e. The molecule has 0 spiro atoms. The SMILES string of the molecule is NC(=O)CN1CCC(C(=O)NC(c2cccnc2)C(F)(F)F)CC1. The maximum Gasteiger partial charge on any atom is 0.412 e. The molecular weight excluding hydrogens is 325 g/mol. The normalized spacial score (nSPS) is 18.1. The molecule has 0 bridgehead atoms. The Morgan fingerprint density at radius 2 is 2.04 bits per heavy atom. The molecule has 132 valence electrons. The monoisotopic (exact) mass is 344 g/mol. The van der Waals surface area contributed by atoms with Crippen molar-refractivity contribution in [2.45, 2.75) is 25.1 Å². The van der Waals surface area contributed by atoms with Gasteiger partial charge in [0.05, 0.1) is 6.54 Å². The van der Waals surface area contributed by atoms with E-state index < -0.39 is 30.0 Å². The van der Waals surface area contributed by atoms with Crippen LogP contribution in [0.15, 0.2) is 24.5 Å². The molecule has 1 fully saturated rings. The van der Waals surface area contributed by atoms with Crippen molar-refractivity contribution in [2.24, 2.45) is 11.7 Å². The average Bonchev–Trinajstić information content (AvgIpc) is 2.52. The zero-order chi connectivity index (χ0) is 17.7. The van der Waals surface area contributed by atoms with Crippen LogP contribution in [-0.4, -0.2) is 47.5 Å². The summed E-state index contributed by atoms with van der Waals surface area (Å²) in [5.74, 6) is -1.62. The number of nitrogens with zero attached hydrogens (tertiary/aromatic N) is 2. The van der Waals surface area contributed by atoms with E-state index in [0.717, 1.165) is 6.20 Å². The zero-order valence-electron chi connectivity index (χ0n) is 12.9. The van der Waals surface area contributed by atoms with Crippen LogP contribution in [0.5, 0.6) is 0 Å². The number of aromatic nitrogens is 1. The molecule has 2 rings (SSSR count). The van der Waals surface area contributed by atoms with Gasteiger partial charge in [0.25, 0.3) is 0 Å². The Balaban J connectivity index is 1.98. The first-order valence-electron chi connectivity index (χ1n) is 7.55. The van der Waals surface area contributed by atoms with E-state index in [1.54, 1.807) is 4.90 Å². The predicted octanol–water partition coefficient (Wildman–Crippen LogP) is 0.998. The lowest BCUT2D eigenvalue weighted by Crippen LogP contribution is -2.46. The van der Waals surface area contributed by atoms with Gasteiger partial charge in [0, 0.05) is 23.9 Å². The fourth-order valence-corrected chi connectivity index (χ4v) is 2.73. The molecular formula is C15H19F3N4O2. The second-order valence-electron chi connectivity index (χ2n) is 5.79. The number of carbonyl (C=O) groups excluding carboxylic acids is 2. The lowest BCUT2D eigenvalue weighted by atomic mass is 9.95. The summed E-state index contributed by atoms with van der Waals surface area (Å²) >= 11 is 0. The van der Waals surface area contributed by atoms with Gasteiger partial charge in [-0.15, -0.1) is 0 Å². The van der Waals surface area contributed by atoms with E-state index in [1.807, 2.05) is 0 Å². The van der Waals surface area contributed by atoms with Gasteiger partial charge in [0.2, 0.25) is 11.8 Å². The topological polar surface area (TPSA) is 88.3 Å². The summed E-state index contributed by atoms with van der Waals surface area (Å²) < 4.78 is 39.7. The molecule has 9 heteroatoms. The largest absolute Gasteiger partial charge is 0.412 e.